The van der Waals surface area contributed by atoms with Crippen molar-refractivity contribution < 1.29 is 9.47 Å². The molecule has 1 radical (unpaired) electrons. The van der Waals surface area contributed by atoms with E-state index in [1.807, 2.05) is 25.2 Å². The maximum Gasteiger partial charge on any atom is 0.126 e. The van der Waals surface area contributed by atoms with Crippen LogP contribution in [0, 0.1) is 6.10 Å². The number of rotatable bonds is 3. The van der Waals surface area contributed by atoms with Gasteiger partial charge in [-0.15, -0.1) is 0 Å². The van der Waals surface area contributed by atoms with Crippen molar-refractivity contribution in [2.24, 2.45) is 0 Å². The van der Waals surface area contributed by atoms with Gasteiger partial charge in [-0.1, -0.05) is 6.08 Å². The van der Waals surface area contributed by atoms with Crippen LogP contribution in [0.1, 0.15) is 13.3 Å². The number of hydrogen-bond donors (Lipinski definition) is 0. The summed E-state index contributed by atoms with van der Waals surface area (Å²) in [6, 6.07) is 0. The zero-order chi connectivity index (χ0) is 8.10. The van der Waals surface area contributed by atoms with E-state index >= 15 is 0 Å². The minimum Gasteiger partial charge on any atom is -0.494 e. The molecule has 1 rings (SSSR count). The second kappa shape index (κ2) is 4.19. The lowest BCUT2D eigenvalue weighted by Gasteiger charge is -2.13. The number of hydrogen-bond acceptors (Lipinski definition) is 2. The lowest BCUT2D eigenvalue weighted by Crippen LogP contribution is -2.02. The fraction of sp³-hybridized carbons (Fsp3) is 0.444. The molecule has 0 N–H and O–H groups in total. The zero-order valence-corrected chi connectivity index (χ0v) is 6.96. The smallest absolute Gasteiger partial charge is 0.126 e. The van der Waals surface area contributed by atoms with Crippen LogP contribution >= 0.6 is 0 Å². The molecule has 1 aliphatic carbocycles. The lowest BCUT2D eigenvalue weighted by atomic mass is 10.1. The molecule has 0 bridgehead atoms. The standard InChI is InChI=1S/C9H13O2/c1-3-11-9-6-4-5-8(7-9)10-2/h4,6-7H,3,5H2,1-2H3. The lowest BCUT2D eigenvalue weighted by molar-refractivity contribution is 0.208. The molecule has 1 aliphatic rings. The second-order valence-corrected chi connectivity index (χ2v) is 2.26. The van der Waals surface area contributed by atoms with Gasteiger partial charge in [-0.05, 0) is 19.1 Å². The Bertz CT molecular complexity index is 170. The van der Waals surface area contributed by atoms with Gasteiger partial charge in [0.2, 0.25) is 0 Å². The van der Waals surface area contributed by atoms with Gasteiger partial charge < -0.3 is 9.47 Å². The molecule has 61 valence electrons. The predicted molar refractivity (Wildman–Crippen MR) is 43.7 cm³/mol. The third kappa shape index (κ3) is 2.39. The molecular weight excluding hydrogens is 140 g/mol. The van der Waals surface area contributed by atoms with Crippen LogP contribution in [0.5, 0.6) is 0 Å². The fourth-order valence-electron chi connectivity index (χ4n) is 0.956. The van der Waals surface area contributed by atoms with Crippen LogP contribution in [0.3, 0.4) is 0 Å². The molecule has 0 fully saturated rings. The number of allylic oxidation sites excluding steroid dienone is 1. The molecule has 0 aromatic heterocycles. The molecule has 0 aromatic carbocycles. The van der Waals surface area contributed by atoms with E-state index in [9.17, 15) is 0 Å². The molecule has 0 aromatic rings. The van der Waals surface area contributed by atoms with Crippen molar-refractivity contribution in [1.82, 2.24) is 0 Å². The molecule has 2 nitrogen and oxygen atoms in total. The first-order chi connectivity index (χ1) is 5.36. The summed E-state index contributed by atoms with van der Waals surface area (Å²) in [7, 11) is 1.68. The first kappa shape index (κ1) is 8.34. The summed E-state index contributed by atoms with van der Waals surface area (Å²) in [6.07, 6.45) is 7.74. The van der Waals surface area contributed by atoms with Gasteiger partial charge >= 0.3 is 0 Å². The Kier molecular flexibility index (Phi) is 3.17. The van der Waals surface area contributed by atoms with E-state index in [1.54, 1.807) is 7.11 Å². The molecule has 2 heteroatoms. The quantitative estimate of drug-likeness (QED) is 0.617. The summed E-state index contributed by atoms with van der Waals surface area (Å²) < 4.78 is 10.4. The van der Waals surface area contributed by atoms with E-state index in [1.165, 1.54) is 0 Å². The Labute approximate surface area is 67.5 Å². The van der Waals surface area contributed by atoms with Crippen molar-refractivity contribution in [3.05, 3.63) is 30.1 Å². The van der Waals surface area contributed by atoms with Gasteiger partial charge in [0.05, 0.1) is 6.61 Å². The van der Waals surface area contributed by atoms with Crippen molar-refractivity contribution >= 4 is 0 Å². The minimum absolute atomic E-state index is 0.702. The van der Waals surface area contributed by atoms with Crippen LogP contribution in [0.2, 0.25) is 0 Å². The summed E-state index contributed by atoms with van der Waals surface area (Å²) in [5, 5.41) is 0. The largest absolute Gasteiger partial charge is 0.494 e. The summed E-state index contributed by atoms with van der Waals surface area (Å²) in [6.45, 7) is 2.67. The average molecular weight is 153 g/mol. The van der Waals surface area contributed by atoms with E-state index in [2.05, 4.69) is 0 Å². The normalized spacial score (nSPS) is 18.2. The van der Waals surface area contributed by atoms with Crippen molar-refractivity contribution in [2.75, 3.05) is 13.7 Å². The Balaban J connectivity index is 2.49. The summed E-state index contributed by atoms with van der Waals surface area (Å²) >= 11 is 0. The van der Waals surface area contributed by atoms with Crippen LogP contribution in [0.25, 0.3) is 0 Å². The Hall–Kier alpha value is -0.760. The highest BCUT2D eigenvalue weighted by molar-refractivity contribution is 5.25. The van der Waals surface area contributed by atoms with Crippen LogP contribution in [-0.2, 0) is 9.47 Å². The third-order valence-electron chi connectivity index (χ3n) is 1.48. The van der Waals surface area contributed by atoms with E-state index in [-0.39, 0.29) is 0 Å². The van der Waals surface area contributed by atoms with Gasteiger partial charge in [-0.2, -0.15) is 0 Å². The van der Waals surface area contributed by atoms with Crippen molar-refractivity contribution in [3.63, 3.8) is 0 Å². The summed E-state index contributed by atoms with van der Waals surface area (Å²) in [5.41, 5.74) is 0. The van der Waals surface area contributed by atoms with Crippen molar-refractivity contribution in [3.8, 4) is 0 Å². The Morgan fingerprint density at radius 1 is 1.55 bits per heavy atom. The third-order valence-corrected chi connectivity index (χ3v) is 1.48. The number of ether oxygens (including phenoxy) is 2. The molecule has 11 heavy (non-hydrogen) atoms. The topological polar surface area (TPSA) is 18.5 Å². The first-order valence-corrected chi connectivity index (χ1v) is 3.77. The minimum atomic E-state index is 0.702. The van der Waals surface area contributed by atoms with Crippen molar-refractivity contribution in [2.45, 2.75) is 13.3 Å². The average Bonchev–Trinajstić information content (AvgIpc) is 2.06. The van der Waals surface area contributed by atoms with E-state index < -0.39 is 0 Å². The monoisotopic (exact) mass is 153 g/mol. The number of methoxy groups -OCH3 is 1. The first-order valence-electron chi connectivity index (χ1n) is 3.77. The fourth-order valence-corrected chi connectivity index (χ4v) is 0.956. The van der Waals surface area contributed by atoms with Crippen molar-refractivity contribution in [1.29, 1.82) is 0 Å². The summed E-state index contributed by atoms with van der Waals surface area (Å²) in [4.78, 5) is 0. The molecule has 0 heterocycles. The van der Waals surface area contributed by atoms with Crippen LogP contribution in [-0.4, -0.2) is 13.7 Å². The Morgan fingerprint density at radius 3 is 3.00 bits per heavy atom. The van der Waals surface area contributed by atoms with Crippen LogP contribution < -0.4 is 0 Å². The Morgan fingerprint density at radius 2 is 2.36 bits per heavy atom. The molecule has 0 spiro atoms. The van der Waals surface area contributed by atoms with Crippen LogP contribution in [0.4, 0.5) is 0 Å². The van der Waals surface area contributed by atoms with E-state index in [0.717, 1.165) is 18.3 Å². The molecule has 0 saturated heterocycles. The SMILES string of the molecule is CCOC1=C[C](OC)CC=C1. The molecule has 0 saturated carbocycles. The molecule has 0 aliphatic heterocycles. The highest BCUT2D eigenvalue weighted by atomic mass is 16.5. The van der Waals surface area contributed by atoms with Gasteiger partial charge in [0.25, 0.3) is 0 Å². The second-order valence-electron chi connectivity index (χ2n) is 2.26. The van der Waals surface area contributed by atoms with Gasteiger partial charge in [-0.3, -0.25) is 0 Å². The van der Waals surface area contributed by atoms with Gasteiger partial charge in [0.1, 0.15) is 11.9 Å². The highest BCUT2D eigenvalue weighted by Gasteiger charge is 2.08. The van der Waals surface area contributed by atoms with Gasteiger partial charge in [0, 0.05) is 13.5 Å². The molecule has 0 atom stereocenters. The molecule has 0 unspecified atom stereocenters. The van der Waals surface area contributed by atoms with Gasteiger partial charge in [-0.25, -0.2) is 0 Å². The predicted octanol–water partition coefficient (Wildman–Crippen LogP) is 2.05. The van der Waals surface area contributed by atoms with E-state index in [0.29, 0.717) is 6.61 Å². The highest BCUT2D eigenvalue weighted by Crippen LogP contribution is 2.19. The van der Waals surface area contributed by atoms with E-state index in [4.69, 9.17) is 9.47 Å². The molecule has 0 amide bonds. The zero-order valence-electron chi connectivity index (χ0n) is 6.96. The van der Waals surface area contributed by atoms with Gasteiger partial charge in [0.15, 0.2) is 0 Å². The maximum atomic E-state index is 5.29. The summed E-state index contributed by atoms with van der Waals surface area (Å²) in [5.74, 6) is 0.885. The van der Waals surface area contributed by atoms with Crippen LogP contribution in [0.15, 0.2) is 24.0 Å². The maximum absolute atomic E-state index is 5.29. The molecular formula is C9H13O2.